The van der Waals surface area contributed by atoms with Crippen LogP contribution in [-0.2, 0) is 5.75 Å². The largest absolute Gasteiger partial charge is 0.364 e. The number of aryl methyl sites for hydroxylation is 2. The highest BCUT2D eigenvalue weighted by Crippen LogP contribution is 2.34. The summed E-state index contributed by atoms with van der Waals surface area (Å²) in [5.41, 5.74) is 1.29. The second kappa shape index (κ2) is 8.17. The van der Waals surface area contributed by atoms with Crippen molar-refractivity contribution in [2.75, 3.05) is 32.5 Å². The second-order valence-corrected chi connectivity index (χ2v) is 8.69. The summed E-state index contributed by atoms with van der Waals surface area (Å²) in [4.78, 5) is 14.7. The Morgan fingerprint density at radius 2 is 1.88 bits per heavy atom. The third-order valence-corrected chi connectivity index (χ3v) is 6.21. The number of benzene rings is 1. The van der Waals surface area contributed by atoms with Crippen LogP contribution in [0, 0.1) is 13.8 Å². The van der Waals surface area contributed by atoms with Crippen molar-refractivity contribution in [1.82, 2.24) is 9.97 Å². The highest BCUT2D eigenvalue weighted by molar-refractivity contribution is 7.98. The summed E-state index contributed by atoms with van der Waals surface area (Å²) < 4.78 is 0. The quantitative estimate of drug-likeness (QED) is 0.624. The van der Waals surface area contributed by atoms with Gasteiger partial charge in [-0.25, -0.2) is 9.97 Å². The molecule has 0 saturated carbocycles. The van der Waals surface area contributed by atoms with Gasteiger partial charge in [-0.1, -0.05) is 18.2 Å². The molecule has 1 aromatic carbocycles. The van der Waals surface area contributed by atoms with Crippen LogP contribution in [0.15, 0.2) is 35.2 Å². The molecule has 4 nitrogen and oxygen atoms in total. The Bertz CT molecular complexity index is 844. The molecule has 3 rings (SSSR count). The zero-order valence-corrected chi connectivity index (χ0v) is 16.9. The van der Waals surface area contributed by atoms with E-state index in [1.54, 1.807) is 23.1 Å². The number of hydrogen-bond acceptors (Lipinski definition) is 5. The molecule has 0 bridgehead atoms. The fourth-order valence-electron chi connectivity index (χ4n) is 2.58. The van der Waals surface area contributed by atoms with Gasteiger partial charge in [-0.3, -0.25) is 0 Å². The van der Waals surface area contributed by atoms with E-state index in [1.165, 1.54) is 25.6 Å². The Labute approximate surface area is 157 Å². The van der Waals surface area contributed by atoms with Crippen LogP contribution in [0.1, 0.15) is 16.3 Å². The average Bonchev–Trinajstić information content (AvgIpc) is 2.88. The van der Waals surface area contributed by atoms with Gasteiger partial charge in [0.1, 0.15) is 16.5 Å². The molecule has 0 atom stereocenters. The van der Waals surface area contributed by atoms with Crippen LogP contribution in [-0.4, -0.2) is 37.2 Å². The monoisotopic (exact) mass is 373 g/mol. The molecule has 0 aliphatic heterocycles. The molecule has 0 radical (unpaired) electrons. The first-order valence-electron chi connectivity index (χ1n) is 8.52. The highest BCUT2D eigenvalue weighted by atomic mass is 32.2. The van der Waals surface area contributed by atoms with E-state index in [-0.39, 0.29) is 0 Å². The van der Waals surface area contributed by atoms with Gasteiger partial charge in [-0.2, -0.15) is 0 Å². The summed E-state index contributed by atoms with van der Waals surface area (Å²) in [5.74, 6) is 2.66. The van der Waals surface area contributed by atoms with Crippen LogP contribution < -0.4 is 10.2 Å². The molecule has 0 aliphatic carbocycles. The minimum Gasteiger partial charge on any atom is -0.364 e. The number of likely N-dealkylation sites (N-methyl/N-ethyl adjacent to an activating group) is 1. The molecule has 25 heavy (non-hydrogen) atoms. The topological polar surface area (TPSA) is 42.2 Å². The van der Waals surface area contributed by atoms with Crippen molar-refractivity contribution in [2.45, 2.75) is 24.5 Å². The van der Waals surface area contributed by atoms with Crippen molar-refractivity contribution >= 4 is 39.1 Å². The SMILES string of the molecule is Cc1sc2nc(CSc3ccccc3)nc(NCC[NH+](C)C)c2c1C. The van der Waals surface area contributed by atoms with Gasteiger partial charge in [0.15, 0.2) is 0 Å². The van der Waals surface area contributed by atoms with Gasteiger partial charge in [0.25, 0.3) is 0 Å². The number of aromatic nitrogens is 2. The summed E-state index contributed by atoms with van der Waals surface area (Å²) in [5, 5.41) is 4.72. The van der Waals surface area contributed by atoms with Gasteiger partial charge in [-0.15, -0.1) is 23.1 Å². The van der Waals surface area contributed by atoms with E-state index >= 15 is 0 Å². The number of fused-ring (bicyclic) bond motifs is 1. The molecule has 6 heteroatoms. The molecule has 132 valence electrons. The molecule has 0 fully saturated rings. The van der Waals surface area contributed by atoms with Crippen LogP contribution in [0.4, 0.5) is 5.82 Å². The number of thioether (sulfide) groups is 1. The van der Waals surface area contributed by atoms with E-state index < -0.39 is 0 Å². The summed E-state index contributed by atoms with van der Waals surface area (Å²) >= 11 is 3.54. The molecule has 0 aliphatic rings. The maximum Gasteiger partial charge on any atom is 0.142 e. The van der Waals surface area contributed by atoms with Crippen molar-refractivity contribution in [1.29, 1.82) is 0 Å². The first kappa shape index (κ1) is 18.2. The van der Waals surface area contributed by atoms with Crippen molar-refractivity contribution in [2.24, 2.45) is 0 Å². The van der Waals surface area contributed by atoms with Gasteiger partial charge in [0, 0.05) is 9.77 Å². The van der Waals surface area contributed by atoms with E-state index in [0.29, 0.717) is 0 Å². The van der Waals surface area contributed by atoms with Crippen molar-refractivity contribution in [3.8, 4) is 0 Å². The van der Waals surface area contributed by atoms with Gasteiger partial charge in [0.05, 0.1) is 38.3 Å². The van der Waals surface area contributed by atoms with E-state index in [9.17, 15) is 0 Å². The maximum absolute atomic E-state index is 4.84. The maximum atomic E-state index is 4.84. The fraction of sp³-hybridized carbons (Fsp3) is 0.368. The Kier molecular flexibility index (Phi) is 5.93. The minimum absolute atomic E-state index is 0.781. The number of nitrogens with one attached hydrogen (secondary N) is 2. The van der Waals surface area contributed by atoms with Crippen LogP contribution in [0.3, 0.4) is 0 Å². The molecule has 2 aromatic heterocycles. The minimum atomic E-state index is 0.781. The standard InChI is InChI=1S/C19H24N4S2/c1-13-14(2)25-19-17(13)18(20-10-11-23(3)4)21-16(22-19)12-24-15-8-6-5-7-9-15/h5-9H,10-12H2,1-4H3,(H,20,21,22)/p+1. The lowest BCUT2D eigenvalue weighted by Gasteiger charge is -2.11. The molecule has 0 amide bonds. The number of hydrogen-bond donors (Lipinski definition) is 2. The third kappa shape index (κ3) is 4.51. The highest BCUT2D eigenvalue weighted by Gasteiger charge is 2.15. The van der Waals surface area contributed by atoms with Crippen LogP contribution in [0.5, 0.6) is 0 Å². The summed E-state index contributed by atoms with van der Waals surface area (Å²) in [6.07, 6.45) is 0. The first-order valence-corrected chi connectivity index (χ1v) is 10.3. The van der Waals surface area contributed by atoms with E-state index in [4.69, 9.17) is 9.97 Å². The van der Waals surface area contributed by atoms with Crippen LogP contribution in [0.2, 0.25) is 0 Å². The normalized spacial score (nSPS) is 11.4. The summed E-state index contributed by atoms with van der Waals surface area (Å²) in [6.45, 7) is 6.29. The van der Waals surface area contributed by atoms with Crippen molar-refractivity contribution in [3.05, 3.63) is 46.6 Å². The van der Waals surface area contributed by atoms with Crippen molar-refractivity contribution < 1.29 is 4.90 Å². The molecular weight excluding hydrogens is 348 g/mol. The Morgan fingerprint density at radius 1 is 1.12 bits per heavy atom. The molecule has 0 saturated heterocycles. The zero-order valence-electron chi connectivity index (χ0n) is 15.2. The lowest BCUT2D eigenvalue weighted by atomic mass is 10.2. The van der Waals surface area contributed by atoms with Crippen molar-refractivity contribution in [3.63, 3.8) is 0 Å². The fourth-order valence-corrected chi connectivity index (χ4v) is 4.40. The number of thiophene rings is 1. The van der Waals surface area contributed by atoms with E-state index in [1.807, 2.05) is 6.07 Å². The number of nitrogens with zero attached hydrogens (tertiary/aromatic N) is 2. The lowest BCUT2D eigenvalue weighted by Crippen LogP contribution is -3.06. The molecule has 0 spiro atoms. The van der Waals surface area contributed by atoms with Crippen LogP contribution in [0.25, 0.3) is 10.2 Å². The Morgan fingerprint density at radius 3 is 2.60 bits per heavy atom. The number of anilines is 1. The Hall–Kier alpha value is -1.63. The predicted octanol–water partition coefficient (Wildman–Crippen LogP) is 3.16. The van der Waals surface area contributed by atoms with Gasteiger partial charge in [-0.05, 0) is 31.5 Å². The number of quaternary nitrogens is 1. The number of rotatable bonds is 7. The zero-order chi connectivity index (χ0) is 17.8. The first-order chi connectivity index (χ1) is 12.0. The molecular formula is C19H25N4S2+. The van der Waals surface area contributed by atoms with E-state index in [0.717, 1.165) is 35.3 Å². The van der Waals surface area contributed by atoms with Gasteiger partial charge >= 0.3 is 0 Å². The predicted molar refractivity (Wildman–Crippen MR) is 109 cm³/mol. The summed E-state index contributed by atoms with van der Waals surface area (Å²) in [6, 6.07) is 10.4. The van der Waals surface area contributed by atoms with Gasteiger partial charge < -0.3 is 10.2 Å². The molecule has 3 aromatic rings. The van der Waals surface area contributed by atoms with E-state index in [2.05, 4.69) is 57.5 Å². The van der Waals surface area contributed by atoms with Crippen LogP contribution >= 0.6 is 23.1 Å². The summed E-state index contributed by atoms with van der Waals surface area (Å²) in [7, 11) is 4.33. The molecule has 0 unspecified atom stereocenters. The smallest absolute Gasteiger partial charge is 0.142 e. The lowest BCUT2D eigenvalue weighted by molar-refractivity contribution is -0.856. The second-order valence-electron chi connectivity index (χ2n) is 6.44. The third-order valence-electron chi connectivity index (χ3n) is 4.10. The molecule has 2 N–H and O–H groups in total. The van der Waals surface area contributed by atoms with Gasteiger partial charge in [0.2, 0.25) is 0 Å². The molecule has 2 heterocycles. The Balaban J connectivity index is 1.86. The average molecular weight is 374 g/mol.